The van der Waals surface area contributed by atoms with Gasteiger partial charge < -0.3 is 25.2 Å². The van der Waals surface area contributed by atoms with Crippen LogP contribution < -0.4 is 20.3 Å². The van der Waals surface area contributed by atoms with E-state index in [0.29, 0.717) is 29.7 Å². The maximum Gasteiger partial charge on any atom is 0.323 e. The molecule has 31 heavy (non-hydrogen) atoms. The zero-order valence-electron chi connectivity index (χ0n) is 17.9. The number of alkyl halides is 2. The number of nitrogens with one attached hydrogen (secondary N) is 2. The quantitative estimate of drug-likeness (QED) is 0.311. The number of anilines is 3. The van der Waals surface area contributed by atoms with Crippen molar-refractivity contribution >= 4 is 58.7 Å². The summed E-state index contributed by atoms with van der Waals surface area (Å²) >= 11 is 11.7. The number of carbonyl (C=O) groups is 1. The standard InChI is InChI=1S/C22H30Cl2N4O2.ClH/c1-27(2)14-3-17-30-21-10-6-19(7-11-21)26-22(29)25-18-4-8-20(9-5-18)28(15-12-23)16-13-24;/h4-11H,3,12-17H2,1-2H3,(H2,25,26,29);1H. The maximum absolute atomic E-state index is 12.3. The molecular weight excluding hydrogens is 459 g/mol. The summed E-state index contributed by atoms with van der Waals surface area (Å²) in [5, 5.41) is 5.65. The molecule has 0 heterocycles. The van der Waals surface area contributed by atoms with Gasteiger partial charge in [-0.25, -0.2) is 4.79 Å². The third-order valence-corrected chi connectivity index (χ3v) is 4.67. The average Bonchev–Trinajstić information content (AvgIpc) is 2.72. The highest BCUT2D eigenvalue weighted by Crippen LogP contribution is 2.19. The molecular formula is C22H31Cl3N4O2. The van der Waals surface area contributed by atoms with Crippen LogP contribution in [0.3, 0.4) is 0 Å². The highest BCUT2D eigenvalue weighted by Gasteiger charge is 2.07. The van der Waals surface area contributed by atoms with E-state index in [-0.39, 0.29) is 18.4 Å². The number of hydrogen-bond donors (Lipinski definition) is 2. The number of urea groups is 1. The number of rotatable bonds is 12. The Hall–Kier alpha value is -1.86. The molecule has 2 rings (SSSR count). The van der Waals surface area contributed by atoms with Gasteiger partial charge in [0.1, 0.15) is 5.75 Å². The monoisotopic (exact) mass is 488 g/mol. The molecule has 2 N–H and O–H groups in total. The summed E-state index contributed by atoms with van der Waals surface area (Å²) in [5.74, 6) is 1.84. The van der Waals surface area contributed by atoms with Gasteiger partial charge in [0.05, 0.1) is 6.61 Å². The van der Waals surface area contributed by atoms with Gasteiger partial charge in [0.25, 0.3) is 0 Å². The van der Waals surface area contributed by atoms with Crippen molar-refractivity contribution in [2.45, 2.75) is 6.42 Å². The first-order chi connectivity index (χ1) is 14.5. The van der Waals surface area contributed by atoms with Crippen LogP contribution in [0.4, 0.5) is 21.9 Å². The predicted molar refractivity (Wildman–Crippen MR) is 135 cm³/mol. The van der Waals surface area contributed by atoms with E-state index >= 15 is 0 Å². The van der Waals surface area contributed by atoms with Crippen molar-refractivity contribution in [3.8, 4) is 5.75 Å². The molecule has 0 bridgehead atoms. The summed E-state index contributed by atoms with van der Waals surface area (Å²) in [6, 6.07) is 14.6. The van der Waals surface area contributed by atoms with Crippen LogP contribution in [0.2, 0.25) is 0 Å². The van der Waals surface area contributed by atoms with Crippen molar-refractivity contribution in [3.05, 3.63) is 48.5 Å². The Morgan fingerprint density at radius 3 is 1.87 bits per heavy atom. The van der Waals surface area contributed by atoms with Gasteiger partial charge in [-0.1, -0.05) is 0 Å². The Balaban J connectivity index is 0.00000480. The van der Waals surface area contributed by atoms with Gasteiger partial charge in [0.2, 0.25) is 0 Å². The van der Waals surface area contributed by atoms with Crippen LogP contribution in [0.15, 0.2) is 48.5 Å². The molecule has 0 aliphatic heterocycles. The summed E-state index contributed by atoms with van der Waals surface area (Å²) in [6.07, 6.45) is 0.962. The summed E-state index contributed by atoms with van der Waals surface area (Å²) in [5.41, 5.74) is 2.41. The number of ether oxygens (including phenoxy) is 1. The second-order valence-electron chi connectivity index (χ2n) is 7.02. The lowest BCUT2D eigenvalue weighted by Crippen LogP contribution is -2.27. The molecule has 0 unspecified atom stereocenters. The van der Waals surface area contributed by atoms with Crippen LogP contribution in [0.25, 0.3) is 0 Å². The van der Waals surface area contributed by atoms with Crippen molar-refractivity contribution in [2.75, 3.05) is 67.6 Å². The first-order valence-corrected chi connectivity index (χ1v) is 11.0. The molecule has 0 saturated carbocycles. The van der Waals surface area contributed by atoms with Crippen LogP contribution in [0, 0.1) is 0 Å². The van der Waals surface area contributed by atoms with E-state index in [1.165, 1.54) is 0 Å². The van der Waals surface area contributed by atoms with Crippen molar-refractivity contribution in [2.24, 2.45) is 0 Å². The van der Waals surface area contributed by atoms with Gasteiger partial charge in [-0.2, -0.15) is 0 Å². The molecule has 6 nitrogen and oxygen atoms in total. The van der Waals surface area contributed by atoms with Crippen LogP contribution in [-0.4, -0.2) is 63.0 Å². The van der Waals surface area contributed by atoms with Crippen molar-refractivity contribution < 1.29 is 9.53 Å². The third-order valence-electron chi connectivity index (χ3n) is 4.33. The fourth-order valence-electron chi connectivity index (χ4n) is 2.83. The molecule has 172 valence electrons. The van der Waals surface area contributed by atoms with Crippen LogP contribution in [-0.2, 0) is 0 Å². The predicted octanol–water partition coefficient (Wildman–Crippen LogP) is 5.37. The first kappa shape index (κ1) is 27.2. The minimum absolute atomic E-state index is 0. The Kier molecular flexibility index (Phi) is 13.2. The Bertz CT molecular complexity index is 752. The first-order valence-electron chi connectivity index (χ1n) is 9.94. The number of amides is 2. The largest absolute Gasteiger partial charge is 0.494 e. The molecule has 0 aromatic heterocycles. The summed E-state index contributed by atoms with van der Waals surface area (Å²) in [7, 11) is 4.08. The Morgan fingerprint density at radius 1 is 0.871 bits per heavy atom. The molecule has 0 aliphatic carbocycles. The zero-order valence-corrected chi connectivity index (χ0v) is 20.3. The lowest BCUT2D eigenvalue weighted by molar-refractivity contribution is 0.262. The second-order valence-corrected chi connectivity index (χ2v) is 7.78. The van der Waals surface area contributed by atoms with Gasteiger partial charge in [-0.3, -0.25) is 0 Å². The van der Waals surface area contributed by atoms with Crippen molar-refractivity contribution in [3.63, 3.8) is 0 Å². The number of halogens is 3. The third kappa shape index (κ3) is 10.3. The highest BCUT2D eigenvalue weighted by molar-refractivity contribution is 6.18. The van der Waals surface area contributed by atoms with E-state index in [1.807, 2.05) is 62.6 Å². The van der Waals surface area contributed by atoms with Gasteiger partial charge in [-0.15, -0.1) is 35.6 Å². The van der Waals surface area contributed by atoms with E-state index in [1.54, 1.807) is 0 Å². The number of nitrogens with zero attached hydrogens (tertiary/aromatic N) is 2. The molecule has 0 spiro atoms. The molecule has 2 amide bonds. The average molecular weight is 490 g/mol. The molecule has 0 radical (unpaired) electrons. The molecule has 0 atom stereocenters. The minimum atomic E-state index is -0.305. The number of carbonyl (C=O) groups excluding carboxylic acids is 1. The lowest BCUT2D eigenvalue weighted by Gasteiger charge is -2.23. The number of hydrogen-bond acceptors (Lipinski definition) is 4. The summed E-state index contributed by atoms with van der Waals surface area (Å²) in [6.45, 7) is 3.08. The van der Waals surface area contributed by atoms with Crippen molar-refractivity contribution in [1.29, 1.82) is 0 Å². The van der Waals surface area contributed by atoms with Crippen LogP contribution in [0.5, 0.6) is 5.75 Å². The highest BCUT2D eigenvalue weighted by atomic mass is 35.5. The van der Waals surface area contributed by atoms with E-state index in [4.69, 9.17) is 27.9 Å². The van der Waals surface area contributed by atoms with E-state index in [0.717, 1.165) is 37.5 Å². The Labute approximate surface area is 201 Å². The Morgan fingerprint density at radius 2 is 1.39 bits per heavy atom. The summed E-state index contributed by atoms with van der Waals surface area (Å²) < 4.78 is 5.70. The van der Waals surface area contributed by atoms with Crippen molar-refractivity contribution in [1.82, 2.24) is 4.90 Å². The smallest absolute Gasteiger partial charge is 0.323 e. The zero-order chi connectivity index (χ0) is 21.8. The fraction of sp³-hybridized carbons (Fsp3) is 0.409. The molecule has 0 fully saturated rings. The normalized spacial score (nSPS) is 10.4. The van der Waals surface area contributed by atoms with E-state index < -0.39 is 0 Å². The molecule has 2 aromatic carbocycles. The van der Waals surface area contributed by atoms with E-state index in [9.17, 15) is 4.79 Å². The topological polar surface area (TPSA) is 56.8 Å². The maximum atomic E-state index is 12.3. The SMILES string of the molecule is CN(C)CCCOc1ccc(NC(=O)Nc2ccc(N(CCCl)CCCl)cc2)cc1.Cl. The van der Waals surface area contributed by atoms with Gasteiger partial charge in [0, 0.05) is 48.5 Å². The second kappa shape index (κ2) is 15.0. The fourth-order valence-corrected chi connectivity index (χ4v) is 3.24. The van der Waals surface area contributed by atoms with Crippen LogP contribution >= 0.6 is 35.6 Å². The van der Waals surface area contributed by atoms with Gasteiger partial charge in [0.15, 0.2) is 0 Å². The van der Waals surface area contributed by atoms with Gasteiger partial charge in [-0.05, 0) is 69.0 Å². The molecule has 0 saturated heterocycles. The van der Waals surface area contributed by atoms with Crippen LogP contribution in [0.1, 0.15) is 6.42 Å². The number of benzene rings is 2. The van der Waals surface area contributed by atoms with E-state index in [2.05, 4.69) is 20.4 Å². The molecule has 9 heteroatoms. The minimum Gasteiger partial charge on any atom is -0.494 e. The van der Waals surface area contributed by atoms with Gasteiger partial charge >= 0.3 is 6.03 Å². The summed E-state index contributed by atoms with van der Waals surface area (Å²) in [4.78, 5) is 16.5. The lowest BCUT2D eigenvalue weighted by atomic mass is 10.2. The molecule has 2 aromatic rings. The molecule has 0 aliphatic rings.